The summed E-state index contributed by atoms with van der Waals surface area (Å²) in [5.74, 6) is -0.454. The van der Waals surface area contributed by atoms with Crippen LogP contribution in [0.4, 0.5) is 10.8 Å². The van der Waals surface area contributed by atoms with Crippen molar-refractivity contribution in [3.05, 3.63) is 65.2 Å². The first-order chi connectivity index (χ1) is 11.9. The molecule has 1 aromatic heterocycles. The van der Waals surface area contributed by atoms with Crippen LogP contribution in [0.15, 0.2) is 58.9 Å². The number of aryl methyl sites for hydroxylation is 1. The molecule has 3 rings (SSSR count). The average Bonchev–Trinajstić information content (AvgIpc) is 3.07. The van der Waals surface area contributed by atoms with E-state index in [9.17, 15) is 13.2 Å². The second kappa shape index (κ2) is 6.99. The molecule has 2 N–H and O–H groups in total. The van der Waals surface area contributed by atoms with E-state index < -0.39 is 15.9 Å². The summed E-state index contributed by atoms with van der Waals surface area (Å²) in [6, 6.07) is 12.8. The third kappa shape index (κ3) is 4.20. The lowest BCUT2D eigenvalue weighted by Gasteiger charge is -2.10. The highest BCUT2D eigenvalue weighted by Crippen LogP contribution is 2.19. The zero-order valence-electron chi connectivity index (χ0n) is 13.1. The van der Waals surface area contributed by atoms with Gasteiger partial charge in [0.15, 0.2) is 0 Å². The first-order valence-corrected chi connectivity index (χ1v) is 9.57. The van der Waals surface area contributed by atoms with Gasteiger partial charge in [0.05, 0.1) is 4.90 Å². The van der Waals surface area contributed by atoms with Crippen molar-refractivity contribution in [2.75, 3.05) is 10.0 Å². The average molecular weight is 374 g/mol. The van der Waals surface area contributed by atoms with E-state index in [4.69, 9.17) is 0 Å². The minimum atomic E-state index is -3.80. The predicted octanol–water partition coefficient (Wildman–Crippen LogP) is 2.90. The number of amides is 1. The van der Waals surface area contributed by atoms with Gasteiger partial charge in [0.2, 0.25) is 5.13 Å². The number of hydrogen-bond donors (Lipinski definition) is 2. The van der Waals surface area contributed by atoms with E-state index in [-0.39, 0.29) is 10.5 Å². The van der Waals surface area contributed by atoms with Crippen LogP contribution in [0.2, 0.25) is 0 Å². The maximum atomic E-state index is 12.5. The maximum absolute atomic E-state index is 12.5. The van der Waals surface area contributed by atoms with Crippen LogP contribution in [0.25, 0.3) is 0 Å². The lowest BCUT2D eigenvalue weighted by atomic mass is 10.2. The molecule has 0 radical (unpaired) electrons. The summed E-state index contributed by atoms with van der Waals surface area (Å²) in [5.41, 5.74) is 3.10. The van der Waals surface area contributed by atoms with Gasteiger partial charge in [-0.05, 0) is 42.8 Å². The van der Waals surface area contributed by atoms with Crippen molar-refractivity contribution in [3.63, 3.8) is 0 Å². The van der Waals surface area contributed by atoms with Crippen molar-refractivity contribution in [1.29, 1.82) is 0 Å². The molecule has 25 heavy (non-hydrogen) atoms. The second-order valence-corrected chi connectivity index (χ2v) is 7.72. The fourth-order valence-corrected chi connectivity index (χ4v) is 3.66. The van der Waals surface area contributed by atoms with Crippen LogP contribution >= 0.6 is 11.3 Å². The fraction of sp³-hybridized carbons (Fsp3) is 0.0625. The number of nitrogens with zero attached hydrogens (tertiary/aromatic N) is 2. The standard InChI is InChI=1S/C16H14N4O3S2/c1-11-4-2-6-13(8-11)20-25(22,23)14-7-3-5-12(9-14)15(21)18-16-19-17-10-24-16/h2-10,20H,1H3,(H,18,19,21). The molecule has 0 saturated heterocycles. The normalized spacial score (nSPS) is 11.1. The molecule has 2 aromatic carbocycles. The Bertz CT molecular complexity index is 1000. The molecule has 0 atom stereocenters. The summed E-state index contributed by atoms with van der Waals surface area (Å²) in [4.78, 5) is 12.2. The number of nitrogens with one attached hydrogen (secondary N) is 2. The van der Waals surface area contributed by atoms with Gasteiger partial charge in [-0.25, -0.2) is 8.42 Å². The molecule has 0 fully saturated rings. The van der Waals surface area contributed by atoms with Gasteiger partial charge in [0.25, 0.3) is 15.9 Å². The molecule has 0 unspecified atom stereocenters. The Morgan fingerprint density at radius 2 is 1.92 bits per heavy atom. The molecule has 3 aromatic rings. The molecule has 0 aliphatic heterocycles. The number of hydrogen-bond acceptors (Lipinski definition) is 6. The highest BCUT2D eigenvalue weighted by atomic mass is 32.2. The molecule has 0 aliphatic rings. The molecule has 1 heterocycles. The summed E-state index contributed by atoms with van der Waals surface area (Å²) in [6.45, 7) is 1.87. The van der Waals surface area contributed by atoms with Gasteiger partial charge in [-0.3, -0.25) is 14.8 Å². The third-order valence-corrected chi connectivity index (χ3v) is 5.24. The van der Waals surface area contributed by atoms with E-state index in [1.165, 1.54) is 41.1 Å². The minimum absolute atomic E-state index is 0.00100. The van der Waals surface area contributed by atoms with Crippen molar-refractivity contribution in [2.24, 2.45) is 0 Å². The van der Waals surface area contributed by atoms with Crippen LogP contribution in [0.5, 0.6) is 0 Å². The first kappa shape index (κ1) is 17.1. The highest BCUT2D eigenvalue weighted by molar-refractivity contribution is 7.92. The number of carbonyl (C=O) groups is 1. The van der Waals surface area contributed by atoms with E-state index in [1.54, 1.807) is 18.2 Å². The van der Waals surface area contributed by atoms with Crippen LogP contribution < -0.4 is 10.0 Å². The SMILES string of the molecule is Cc1cccc(NS(=O)(=O)c2cccc(C(=O)Nc3nncs3)c2)c1. The van der Waals surface area contributed by atoms with Gasteiger partial charge in [-0.2, -0.15) is 0 Å². The second-order valence-electron chi connectivity index (χ2n) is 5.20. The molecule has 0 bridgehead atoms. The highest BCUT2D eigenvalue weighted by Gasteiger charge is 2.17. The number of carbonyl (C=O) groups excluding carboxylic acids is 1. The summed E-state index contributed by atoms with van der Waals surface area (Å²) < 4.78 is 27.6. The Kier molecular flexibility index (Phi) is 4.77. The fourth-order valence-electron chi connectivity index (χ4n) is 2.12. The Balaban J connectivity index is 1.83. The van der Waals surface area contributed by atoms with Gasteiger partial charge >= 0.3 is 0 Å². The van der Waals surface area contributed by atoms with Gasteiger partial charge < -0.3 is 0 Å². The number of aromatic nitrogens is 2. The van der Waals surface area contributed by atoms with E-state index in [0.717, 1.165) is 5.56 Å². The molecule has 0 spiro atoms. The van der Waals surface area contributed by atoms with Gasteiger partial charge in [-0.15, -0.1) is 10.2 Å². The summed E-state index contributed by atoms with van der Waals surface area (Å²) in [7, 11) is -3.80. The lowest BCUT2D eigenvalue weighted by Crippen LogP contribution is -2.16. The third-order valence-electron chi connectivity index (χ3n) is 3.26. The number of sulfonamides is 1. The zero-order chi connectivity index (χ0) is 17.9. The largest absolute Gasteiger partial charge is 0.296 e. The quantitative estimate of drug-likeness (QED) is 0.715. The van der Waals surface area contributed by atoms with Gasteiger partial charge in [0.1, 0.15) is 5.51 Å². The number of rotatable bonds is 5. The first-order valence-electron chi connectivity index (χ1n) is 7.21. The minimum Gasteiger partial charge on any atom is -0.296 e. The van der Waals surface area contributed by atoms with Crippen LogP contribution in [0.3, 0.4) is 0 Å². The topological polar surface area (TPSA) is 101 Å². The number of benzene rings is 2. The Hall–Kier alpha value is -2.78. The van der Waals surface area contributed by atoms with E-state index >= 15 is 0 Å². The van der Waals surface area contributed by atoms with E-state index in [0.29, 0.717) is 10.8 Å². The van der Waals surface area contributed by atoms with E-state index in [2.05, 4.69) is 20.2 Å². The summed E-state index contributed by atoms with van der Waals surface area (Å²) >= 11 is 1.17. The molecule has 0 saturated carbocycles. The summed E-state index contributed by atoms with van der Waals surface area (Å²) in [5, 5.41) is 10.3. The Morgan fingerprint density at radius 3 is 2.64 bits per heavy atom. The molecular formula is C16H14N4O3S2. The Labute approximate surface area is 148 Å². The van der Waals surface area contributed by atoms with Crippen molar-refractivity contribution in [3.8, 4) is 0 Å². The molecular weight excluding hydrogens is 360 g/mol. The predicted molar refractivity (Wildman–Crippen MR) is 96.3 cm³/mol. The zero-order valence-corrected chi connectivity index (χ0v) is 14.8. The molecule has 128 valence electrons. The molecule has 1 amide bonds. The van der Waals surface area contributed by atoms with Crippen molar-refractivity contribution in [2.45, 2.75) is 11.8 Å². The van der Waals surface area contributed by atoms with Gasteiger partial charge in [-0.1, -0.05) is 29.5 Å². The van der Waals surface area contributed by atoms with Crippen LogP contribution in [0.1, 0.15) is 15.9 Å². The van der Waals surface area contributed by atoms with Crippen LogP contribution in [-0.2, 0) is 10.0 Å². The smallest absolute Gasteiger partial charge is 0.261 e. The maximum Gasteiger partial charge on any atom is 0.261 e. The van der Waals surface area contributed by atoms with Crippen molar-refractivity contribution < 1.29 is 13.2 Å². The van der Waals surface area contributed by atoms with Crippen LogP contribution in [0, 0.1) is 6.92 Å². The lowest BCUT2D eigenvalue weighted by molar-refractivity contribution is 0.102. The molecule has 7 nitrogen and oxygen atoms in total. The van der Waals surface area contributed by atoms with E-state index in [1.807, 2.05) is 13.0 Å². The monoisotopic (exact) mass is 374 g/mol. The summed E-state index contributed by atoms with van der Waals surface area (Å²) in [6.07, 6.45) is 0. The Morgan fingerprint density at radius 1 is 1.12 bits per heavy atom. The van der Waals surface area contributed by atoms with Crippen molar-refractivity contribution in [1.82, 2.24) is 10.2 Å². The van der Waals surface area contributed by atoms with Crippen molar-refractivity contribution >= 4 is 38.1 Å². The van der Waals surface area contributed by atoms with Gasteiger partial charge in [0, 0.05) is 11.3 Å². The molecule has 0 aliphatic carbocycles. The van der Waals surface area contributed by atoms with Crippen LogP contribution in [-0.4, -0.2) is 24.5 Å². The number of anilines is 2. The molecule has 9 heteroatoms.